The van der Waals surface area contributed by atoms with E-state index >= 15 is 0 Å². The van der Waals surface area contributed by atoms with Crippen molar-refractivity contribution in [3.8, 4) is 0 Å². The molecule has 0 aliphatic heterocycles. The molecule has 1 aromatic rings. The fourth-order valence-corrected chi connectivity index (χ4v) is 2.41. The first-order valence-electron chi connectivity index (χ1n) is 8.29. The molecule has 0 fully saturated rings. The Hall–Kier alpha value is -2.56. The topological polar surface area (TPSA) is 97.5 Å². The molecule has 1 aliphatic carbocycles. The zero-order valence-electron chi connectivity index (χ0n) is 14.6. The Bertz CT molecular complexity index is 729. The number of ether oxygens (including phenoxy) is 1. The Morgan fingerprint density at radius 3 is 2.54 bits per heavy atom. The van der Waals surface area contributed by atoms with Crippen LogP contribution in [0.1, 0.15) is 37.3 Å². The SMILES string of the molecule is CCCCCOC1=C/C(=N\c2ccc(N)c(C)c2C)C(N)=CC1=N. The van der Waals surface area contributed by atoms with Gasteiger partial charge in [0.2, 0.25) is 0 Å². The van der Waals surface area contributed by atoms with Crippen LogP contribution in [-0.4, -0.2) is 18.0 Å². The predicted octanol–water partition coefficient (Wildman–Crippen LogP) is 3.92. The summed E-state index contributed by atoms with van der Waals surface area (Å²) in [5.41, 5.74) is 16.9. The molecule has 128 valence electrons. The fraction of sp³-hybridized carbons (Fsp3) is 0.368. The van der Waals surface area contributed by atoms with E-state index < -0.39 is 0 Å². The maximum Gasteiger partial charge on any atom is 0.146 e. The van der Waals surface area contributed by atoms with Crippen LogP contribution in [0.4, 0.5) is 11.4 Å². The third-order valence-corrected chi connectivity index (χ3v) is 4.18. The fourth-order valence-electron chi connectivity index (χ4n) is 2.41. The second-order valence-corrected chi connectivity index (χ2v) is 6.00. The molecule has 0 saturated carbocycles. The molecule has 0 amide bonds. The third-order valence-electron chi connectivity index (χ3n) is 4.18. The molecule has 1 aromatic carbocycles. The molecule has 0 aromatic heterocycles. The molecular weight excluding hydrogens is 300 g/mol. The van der Waals surface area contributed by atoms with Gasteiger partial charge in [0.25, 0.3) is 0 Å². The maximum absolute atomic E-state index is 8.01. The molecule has 5 N–H and O–H groups in total. The molecule has 0 unspecified atom stereocenters. The number of aliphatic imine (C=N–C) groups is 1. The van der Waals surface area contributed by atoms with Crippen LogP contribution in [0.5, 0.6) is 0 Å². The van der Waals surface area contributed by atoms with Gasteiger partial charge in [0, 0.05) is 11.8 Å². The standard InChI is InChI=1S/C19H26N4O/c1-4-5-6-9-24-19-11-18(15(21)10-16(19)22)23-17-8-7-14(20)12(2)13(17)3/h7-8,10-11,22H,4-6,9,20-21H2,1-3H3/b22-16?,23-18+. The van der Waals surface area contributed by atoms with Gasteiger partial charge < -0.3 is 16.2 Å². The van der Waals surface area contributed by atoms with Gasteiger partial charge in [-0.2, -0.15) is 0 Å². The Labute approximate surface area is 143 Å². The number of hydrogen-bond donors (Lipinski definition) is 3. The number of unbranched alkanes of at least 4 members (excludes halogenated alkanes) is 2. The van der Waals surface area contributed by atoms with E-state index in [1.165, 1.54) is 0 Å². The van der Waals surface area contributed by atoms with E-state index in [0.29, 0.717) is 23.8 Å². The monoisotopic (exact) mass is 326 g/mol. The number of anilines is 1. The van der Waals surface area contributed by atoms with Crippen LogP contribution in [0.15, 0.2) is 40.7 Å². The van der Waals surface area contributed by atoms with Crippen molar-refractivity contribution < 1.29 is 4.74 Å². The highest BCUT2D eigenvalue weighted by Crippen LogP contribution is 2.27. The van der Waals surface area contributed by atoms with Crippen LogP contribution in [0.3, 0.4) is 0 Å². The van der Waals surface area contributed by atoms with Gasteiger partial charge in [-0.25, -0.2) is 4.99 Å². The van der Waals surface area contributed by atoms with Gasteiger partial charge in [0.1, 0.15) is 5.76 Å². The van der Waals surface area contributed by atoms with Crippen molar-refractivity contribution in [2.24, 2.45) is 10.7 Å². The lowest BCUT2D eigenvalue weighted by Crippen LogP contribution is -2.20. The van der Waals surface area contributed by atoms with Gasteiger partial charge >= 0.3 is 0 Å². The van der Waals surface area contributed by atoms with Crippen LogP contribution in [0.25, 0.3) is 0 Å². The summed E-state index contributed by atoms with van der Waals surface area (Å²) in [6.45, 7) is 6.71. The largest absolute Gasteiger partial charge is 0.491 e. The number of nitrogens with zero attached hydrogens (tertiary/aromatic N) is 1. The van der Waals surface area contributed by atoms with Gasteiger partial charge in [0.05, 0.1) is 29.4 Å². The summed E-state index contributed by atoms with van der Waals surface area (Å²) >= 11 is 0. The Balaban J connectivity index is 2.27. The lowest BCUT2D eigenvalue weighted by atomic mass is 10.0. The van der Waals surface area contributed by atoms with Crippen LogP contribution in [0.2, 0.25) is 0 Å². The van der Waals surface area contributed by atoms with Crippen molar-refractivity contribution in [1.82, 2.24) is 0 Å². The lowest BCUT2D eigenvalue weighted by Gasteiger charge is -2.16. The van der Waals surface area contributed by atoms with Crippen molar-refractivity contribution in [3.63, 3.8) is 0 Å². The van der Waals surface area contributed by atoms with Gasteiger partial charge in [-0.1, -0.05) is 19.8 Å². The summed E-state index contributed by atoms with van der Waals surface area (Å²) in [5.74, 6) is 0.517. The van der Waals surface area contributed by atoms with Crippen molar-refractivity contribution in [1.29, 1.82) is 5.41 Å². The molecule has 0 spiro atoms. The van der Waals surface area contributed by atoms with Crippen LogP contribution >= 0.6 is 0 Å². The summed E-state index contributed by atoms with van der Waals surface area (Å²) in [5, 5.41) is 8.01. The summed E-state index contributed by atoms with van der Waals surface area (Å²) in [7, 11) is 0. The highest BCUT2D eigenvalue weighted by Gasteiger charge is 2.16. The summed E-state index contributed by atoms with van der Waals surface area (Å²) in [6, 6.07) is 3.73. The van der Waals surface area contributed by atoms with Crippen molar-refractivity contribution in [2.75, 3.05) is 12.3 Å². The van der Waals surface area contributed by atoms with Crippen molar-refractivity contribution in [3.05, 3.63) is 46.9 Å². The first kappa shape index (κ1) is 17.8. The molecular formula is C19H26N4O. The Kier molecular flexibility index (Phi) is 5.79. The number of nitrogens with one attached hydrogen (secondary N) is 1. The lowest BCUT2D eigenvalue weighted by molar-refractivity contribution is 0.224. The third kappa shape index (κ3) is 4.04. The second kappa shape index (κ2) is 7.81. The van der Waals surface area contributed by atoms with E-state index in [9.17, 15) is 0 Å². The molecule has 0 saturated heterocycles. The zero-order valence-corrected chi connectivity index (χ0v) is 14.6. The van der Waals surface area contributed by atoms with Crippen LogP contribution < -0.4 is 11.5 Å². The predicted molar refractivity (Wildman–Crippen MR) is 101 cm³/mol. The number of benzene rings is 1. The molecule has 24 heavy (non-hydrogen) atoms. The molecule has 0 bridgehead atoms. The summed E-state index contributed by atoms with van der Waals surface area (Å²) in [6.07, 6.45) is 6.56. The molecule has 0 atom stereocenters. The highest BCUT2D eigenvalue weighted by atomic mass is 16.5. The maximum atomic E-state index is 8.01. The number of allylic oxidation sites excluding steroid dienone is 2. The highest BCUT2D eigenvalue weighted by molar-refractivity contribution is 6.22. The molecule has 1 aliphatic rings. The number of nitrogens with two attached hydrogens (primary N) is 2. The summed E-state index contributed by atoms with van der Waals surface area (Å²) < 4.78 is 5.72. The smallest absolute Gasteiger partial charge is 0.146 e. The Morgan fingerprint density at radius 2 is 1.83 bits per heavy atom. The molecule has 5 heteroatoms. The van der Waals surface area contributed by atoms with Gasteiger partial charge in [-0.3, -0.25) is 5.41 Å². The Morgan fingerprint density at radius 1 is 1.08 bits per heavy atom. The first-order chi connectivity index (χ1) is 11.4. The van der Waals surface area contributed by atoms with Gasteiger partial charge in [0.15, 0.2) is 0 Å². The normalized spacial score (nSPS) is 16.1. The molecule has 5 nitrogen and oxygen atoms in total. The average molecular weight is 326 g/mol. The average Bonchev–Trinajstić information content (AvgIpc) is 2.55. The van der Waals surface area contributed by atoms with Crippen molar-refractivity contribution in [2.45, 2.75) is 40.0 Å². The van der Waals surface area contributed by atoms with Gasteiger partial charge in [-0.05, 0) is 49.6 Å². The van der Waals surface area contributed by atoms with Crippen LogP contribution in [-0.2, 0) is 4.74 Å². The molecule has 0 radical (unpaired) electrons. The minimum Gasteiger partial charge on any atom is -0.491 e. The second-order valence-electron chi connectivity index (χ2n) is 6.00. The van der Waals surface area contributed by atoms with E-state index in [4.69, 9.17) is 21.6 Å². The molecule has 0 heterocycles. The zero-order chi connectivity index (χ0) is 17.7. The van der Waals surface area contributed by atoms with Crippen molar-refractivity contribution >= 4 is 22.8 Å². The van der Waals surface area contributed by atoms with E-state index in [1.807, 2.05) is 26.0 Å². The summed E-state index contributed by atoms with van der Waals surface area (Å²) in [4.78, 5) is 4.64. The van der Waals surface area contributed by atoms with E-state index in [0.717, 1.165) is 41.8 Å². The van der Waals surface area contributed by atoms with E-state index in [1.54, 1.807) is 12.2 Å². The number of rotatable bonds is 6. The quantitative estimate of drug-likeness (QED) is 0.420. The minimum atomic E-state index is 0.285. The number of nitrogen functional groups attached to an aromatic ring is 1. The molecule has 2 rings (SSSR count). The van der Waals surface area contributed by atoms with E-state index in [-0.39, 0.29) is 5.71 Å². The minimum absolute atomic E-state index is 0.285. The van der Waals surface area contributed by atoms with Crippen LogP contribution in [0, 0.1) is 19.3 Å². The van der Waals surface area contributed by atoms with E-state index in [2.05, 4.69) is 11.9 Å². The number of hydrogen-bond acceptors (Lipinski definition) is 5. The first-order valence-corrected chi connectivity index (χ1v) is 8.29. The van der Waals surface area contributed by atoms with Gasteiger partial charge in [-0.15, -0.1) is 0 Å².